The lowest BCUT2D eigenvalue weighted by Gasteiger charge is -2.26. The fraction of sp³-hybridized carbons (Fsp3) is 0.462. The molecule has 0 heterocycles. The predicted octanol–water partition coefficient (Wildman–Crippen LogP) is 2.93. The van der Waals surface area contributed by atoms with Crippen LogP contribution in [0.3, 0.4) is 0 Å². The zero-order valence-electron chi connectivity index (χ0n) is 11.0. The van der Waals surface area contributed by atoms with Crippen LogP contribution in [0.25, 0.3) is 0 Å². The van der Waals surface area contributed by atoms with Crippen molar-refractivity contribution < 1.29 is 14.8 Å². The number of nitro groups is 1. The molecule has 2 rings (SSSR count). The molecule has 1 fully saturated rings. The minimum atomic E-state index is -0.679. The van der Waals surface area contributed by atoms with Crippen molar-refractivity contribution in [2.45, 2.75) is 37.8 Å². The molecule has 0 saturated heterocycles. The van der Waals surface area contributed by atoms with Gasteiger partial charge in [0.25, 0.3) is 11.6 Å². The third-order valence-electron chi connectivity index (χ3n) is 3.50. The first-order valence-electron chi connectivity index (χ1n) is 6.51. The number of hydrogen-bond acceptors (Lipinski definition) is 4. The average molecular weight is 333 g/mol. The molecular weight excluding hydrogens is 319 g/mol. The summed E-state index contributed by atoms with van der Waals surface area (Å²) in [4.78, 5) is 22.3. The van der Waals surface area contributed by atoms with Crippen LogP contribution >= 0.6 is 23.2 Å². The van der Waals surface area contributed by atoms with Crippen LogP contribution in [0.5, 0.6) is 0 Å². The van der Waals surface area contributed by atoms with Gasteiger partial charge in [0, 0.05) is 17.7 Å². The second-order valence-corrected chi connectivity index (χ2v) is 5.81. The van der Waals surface area contributed by atoms with Crippen molar-refractivity contribution in [2.75, 3.05) is 0 Å². The third kappa shape index (κ3) is 3.84. The van der Waals surface area contributed by atoms with Crippen LogP contribution in [0.1, 0.15) is 36.0 Å². The van der Waals surface area contributed by atoms with E-state index < -0.39 is 16.5 Å². The number of halogens is 2. The van der Waals surface area contributed by atoms with Crippen molar-refractivity contribution in [2.24, 2.45) is 0 Å². The number of aliphatic hydroxyl groups excluding tert-OH is 1. The average Bonchev–Trinajstić information content (AvgIpc) is 2.43. The number of nitrogens with zero attached hydrogens (tertiary/aromatic N) is 1. The predicted molar refractivity (Wildman–Crippen MR) is 78.8 cm³/mol. The fourth-order valence-corrected chi connectivity index (χ4v) is 2.72. The topological polar surface area (TPSA) is 92.5 Å². The zero-order valence-corrected chi connectivity index (χ0v) is 12.5. The number of benzene rings is 1. The molecule has 1 aromatic carbocycles. The highest BCUT2D eigenvalue weighted by Crippen LogP contribution is 2.33. The van der Waals surface area contributed by atoms with Gasteiger partial charge >= 0.3 is 0 Å². The molecule has 0 radical (unpaired) electrons. The van der Waals surface area contributed by atoms with Gasteiger partial charge in [-0.2, -0.15) is 0 Å². The number of carbonyl (C=O) groups excluding carboxylic acids is 1. The van der Waals surface area contributed by atoms with Gasteiger partial charge in [-0.3, -0.25) is 14.9 Å². The lowest BCUT2D eigenvalue weighted by molar-refractivity contribution is -0.384. The minimum Gasteiger partial charge on any atom is -0.393 e. The molecule has 0 spiro atoms. The highest BCUT2D eigenvalue weighted by Gasteiger charge is 2.24. The van der Waals surface area contributed by atoms with E-state index in [1.165, 1.54) is 6.07 Å². The molecular formula is C13H14Cl2N2O4. The Balaban J connectivity index is 2.14. The fourth-order valence-electron chi connectivity index (χ4n) is 2.33. The first kappa shape index (κ1) is 16.0. The van der Waals surface area contributed by atoms with E-state index in [1.807, 2.05) is 0 Å². The first-order chi connectivity index (χ1) is 9.88. The number of nitrogens with one attached hydrogen (secondary N) is 1. The van der Waals surface area contributed by atoms with Crippen molar-refractivity contribution in [1.29, 1.82) is 0 Å². The van der Waals surface area contributed by atoms with Gasteiger partial charge in [-0.25, -0.2) is 0 Å². The summed E-state index contributed by atoms with van der Waals surface area (Å²) in [6.45, 7) is 0. The summed E-state index contributed by atoms with van der Waals surface area (Å²) in [5, 5.41) is 22.9. The summed E-state index contributed by atoms with van der Waals surface area (Å²) in [7, 11) is 0. The monoisotopic (exact) mass is 332 g/mol. The summed E-state index contributed by atoms with van der Waals surface area (Å²) >= 11 is 11.6. The maximum atomic E-state index is 12.1. The normalized spacial score (nSPS) is 21.9. The molecule has 21 heavy (non-hydrogen) atoms. The summed E-state index contributed by atoms with van der Waals surface area (Å²) in [5.74, 6) is -0.432. The molecule has 2 N–H and O–H groups in total. The molecule has 0 atom stereocenters. The van der Waals surface area contributed by atoms with Crippen LogP contribution in [-0.2, 0) is 0 Å². The molecule has 1 aliphatic carbocycles. The third-order valence-corrected chi connectivity index (χ3v) is 4.29. The first-order valence-corrected chi connectivity index (χ1v) is 7.26. The summed E-state index contributed by atoms with van der Waals surface area (Å²) in [6, 6.07) is 2.37. The number of nitro benzene ring substituents is 1. The van der Waals surface area contributed by atoms with Gasteiger partial charge in [-0.15, -0.1) is 0 Å². The van der Waals surface area contributed by atoms with E-state index in [1.54, 1.807) is 0 Å². The lowest BCUT2D eigenvalue weighted by Crippen LogP contribution is -2.38. The van der Waals surface area contributed by atoms with Crippen LogP contribution in [0.4, 0.5) is 5.69 Å². The molecule has 0 unspecified atom stereocenters. The maximum Gasteiger partial charge on any atom is 0.290 e. The SMILES string of the molecule is O=C(NC1CCC(O)CC1)c1cc(Cl)c(Cl)c([N+](=O)[O-])c1. The number of aliphatic hydroxyl groups is 1. The number of amides is 1. The van der Waals surface area contributed by atoms with Crippen molar-refractivity contribution >= 4 is 34.8 Å². The molecule has 114 valence electrons. The Morgan fingerprint density at radius 2 is 1.90 bits per heavy atom. The van der Waals surface area contributed by atoms with Crippen molar-refractivity contribution in [3.05, 3.63) is 37.9 Å². The van der Waals surface area contributed by atoms with Gasteiger partial charge in [0.2, 0.25) is 0 Å². The van der Waals surface area contributed by atoms with Crippen molar-refractivity contribution in [1.82, 2.24) is 5.32 Å². The summed E-state index contributed by atoms with van der Waals surface area (Å²) in [5.41, 5.74) is -0.296. The van der Waals surface area contributed by atoms with E-state index in [4.69, 9.17) is 23.2 Å². The number of rotatable bonds is 3. The molecule has 1 aromatic rings. The molecule has 0 aromatic heterocycles. The second kappa shape index (κ2) is 6.60. The quantitative estimate of drug-likeness (QED) is 0.657. The van der Waals surface area contributed by atoms with Crippen LogP contribution in [0, 0.1) is 10.1 Å². The van der Waals surface area contributed by atoms with Crippen LogP contribution < -0.4 is 5.32 Å². The van der Waals surface area contributed by atoms with Gasteiger partial charge in [0.15, 0.2) is 0 Å². The van der Waals surface area contributed by atoms with E-state index in [9.17, 15) is 20.0 Å². The van der Waals surface area contributed by atoms with Crippen LogP contribution in [-0.4, -0.2) is 28.1 Å². The Morgan fingerprint density at radius 3 is 2.48 bits per heavy atom. The minimum absolute atomic E-state index is 0.0323. The van der Waals surface area contributed by atoms with E-state index in [2.05, 4.69) is 5.32 Å². The Labute approximate surface area is 131 Å². The molecule has 1 aliphatic rings. The van der Waals surface area contributed by atoms with Crippen molar-refractivity contribution in [3.8, 4) is 0 Å². The van der Waals surface area contributed by atoms with Crippen LogP contribution in [0.15, 0.2) is 12.1 Å². The maximum absolute atomic E-state index is 12.1. The highest BCUT2D eigenvalue weighted by atomic mass is 35.5. The highest BCUT2D eigenvalue weighted by molar-refractivity contribution is 6.43. The van der Waals surface area contributed by atoms with Gasteiger partial charge in [0.1, 0.15) is 5.02 Å². The Kier molecular flexibility index (Phi) is 5.03. The molecule has 0 bridgehead atoms. The lowest BCUT2D eigenvalue weighted by atomic mass is 9.93. The molecule has 8 heteroatoms. The van der Waals surface area contributed by atoms with E-state index in [0.717, 1.165) is 6.07 Å². The standard InChI is InChI=1S/C13H14Cl2N2O4/c14-10-5-7(6-11(12(10)15)17(20)21)13(19)16-8-1-3-9(18)4-2-8/h5-6,8-9,18H,1-4H2,(H,16,19). The smallest absolute Gasteiger partial charge is 0.290 e. The Bertz CT molecular complexity index is 572. The molecule has 1 amide bonds. The van der Waals surface area contributed by atoms with Gasteiger partial charge < -0.3 is 10.4 Å². The Hall–Kier alpha value is -1.37. The summed E-state index contributed by atoms with van der Waals surface area (Å²) in [6.07, 6.45) is 2.30. The van der Waals surface area contributed by atoms with E-state index >= 15 is 0 Å². The van der Waals surface area contributed by atoms with E-state index in [-0.39, 0.29) is 27.8 Å². The second-order valence-electron chi connectivity index (χ2n) is 5.03. The summed E-state index contributed by atoms with van der Waals surface area (Å²) < 4.78 is 0. The van der Waals surface area contributed by atoms with E-state index in [0.29, 0.717) is 25.7 Å². The number of carbonyl (C=O) groups is 1. The molecule has 0 aliphatic heterocycles. The zero-order chi connectivity index (χ0) is 15.6. The largest absolute Gasteiger partial charge is 0.393 e. The molecule has 1 saturated carbocycles. The van der Waals surface area contributed by atoms with Crippen LogP contribution in [0.2, 0.25) is 10.0 Å². The van der Waals surface area contributed by atoms with Gasteiger partial charge in [0.05, 0.1) is 16.0 Å². The number of hydrogen-bond donors (Lipinski definition) is 2. The van der Waals surface area contributed by atoms with Crippen molar-refractivity contribution in [3.63, 3.8) is 0 Å². The van der Waals surface area contributed by atoms with Gasteiger partial charge in [-0.1, -0.05) is 23.2 Å². The van der Waals surface area contributed by atoms with Gasteiger partial charge in [-0.05, 0) is 31.7 Å². The Morgan fingerprint density at radius 1 is 1.29 bits per heavy atom. The molecule has 6 nitrogen and oxygen atoms in total.